The number of rotatable bonds is 3. The van der Waals surface area contributed by atoms with Crippen molar-refractivity contribution in [1.82, 2.24) is 4.57 Å². The van der Waals surface area contributed by atoms with Crippen molar-refractivity contribution in [3.63, 3.8) is 0 Å². The standard InChI is InChI=1S/C18H14BrClN2/c1-13-4-7-15(11-18(13)20)21-12-17-3-2-10-22(17)16-8-5-14(19)6-9-16/h2-12H,1H3. The fourth-order valence-corrected chi connectivity index (χ4v) is 2.58. The molecular formula is C18H14BrClN2. The number of aryl methyl sites for hydroxylation is 1. The second-order valence-corrected chi connectivity index (χ2v) is 6.29. The van der Waals surface area contributed by atoms with Crippen LogP contribution in [-0.2, 0) is 0 Å². The zero-order chi connectivity index (χ0) is 15.5. The van der Waals surface area contributed by atoms with Crippen LogP contribution in [0.4, 0.5) is 5.69 Å². The molecule has 1 heterocycles. The molecule has 3 aromatic rings. The van der Waals surface area contributed by atoms with Crippen molar-refractivity contribution in [3.05, 3.63) is 81.5 Å². The molecule has 0 atom stereocenters. The molecule has 1 aromatic heterocycles. The van der Waals surface area contributed by atoms with Crippen molar-refractivity contribution in [3.8, 4) is 5.69 Å². The van der Waals surface area contributed by atoms with Gasteiger partial charge in [0.05, 0.1) is 17.6 Å². The van der Waals surface area contributed by atoms with E-state index in [2.05, 4.69) is 37.6 Å². The van der Waals surface area contributed by atoms with E-state index in [1.54, 1.807) is 0 Å². The maximum absolute atomic E-state index is 6.13. The summed E-state index contributed by atoms with van der Waals surface area (Å²) in [4.78, 5) is 4.51. The molecule has 2 nitrogen and oxygen atoms in total. The van der Waals surface area contributed by atoms with E-state index in [9.17, 15) is 0 Å². The average molecular weight is 374 g/mol. The maximum atomic E-state index is 6.13. The summed E-state index contributed by atoms with van der Waals surface area (Å²) < 4.78 is 3.15. The van der Waals surface area contributed by atoms with E-state index in [4.69, 9.17) is 11.6 Å². The maximum Gasteiger partial charge on any atom is 0.0645 e. The molecule has 0 radical (unpaired) electrons. The van der Waals surface area contributed by atoms with Gasteiger partial charge in [-0.3, -0.25) is 4.99 Å². The highest BCUT2D eigenvalue weighted by molar-refractivity contribution is 9.10. The van der Waals surface area contributed by atoms with Crippen molar-refractivity contribution in [2.24, 2.45) is 4.99 Å². The quantitative estimate of drug-likeness (QED) is 0.505. The van der Waals surface area contributed by atoms with Crippen molar-refractivity contribution in [2.75, 3.05) is 0 Å². The molecule has 0 aliphatic carbocycles. The van der Waals surface area contributed by atoms with Crippen LogP contribution in [0, 0.1) is 6.92 Å². The number of nitrogens with zero attached hydrogens (tertiary/aromatic N) is 2. The lowest BCUT2D eigenvalue weighted by molar-refractivity contribution is 1.07. The van der Waals surface area contributed by atoms with Gasteiger partial charge in [-0.2, -0.15) is 0 Å². The molecule has 110 valence electrons. The van der Waals surface area contributed by atoms with Crippen LogP contribution in [0.5, 0.6) is 0 Å². The van der Waals surface area contributed by atoms with Gasteiger partial charge in [0.15, 0.2) is 0 Å². The number of benzene rings is 2. The summed E-state index contributed by atoms with van der Waals surface area (Å²) in [5, 5.41) is 0.734. The van der Waals surface area contributed by atoms with E-state index in [0.29, 0.717) is 0 Å². The predicted octanol–water partition coefficient (Wildman–Crippen LogP) is 5.95. The third-order valence-corrected chi connectivity index (χ3v) is 4.32. The summed E-state index contributed by atoms with van der Waals surface area (Å²) >= 11 is 9.59. The zero-order valence-corrected chi connectivity index (χ0v) is 14.3. The summed E-state index contributed by atoms with van der Waals surface area (Å²) in [6, 6.07) is 18.0. The number of aromatic nitrogens is 1. The largest absolute Gasteiger partial charge is 0.316 e. The van der Waals surface area contributed by atoms with E-state index in [1.807, 2.05) is 61.8 Å². The van der Waals surface area contributed by atoms with Crippen LogP contribution < -0.4 is 0 Å². The molecular weight excluding hydrogens is 360 g/mol. The Morgan fingerprint density at radius 3 is 2.59 bits per heavy atom. The smallest absolute Gasteiger partial charge is 0.0645 e. The van der Waals surface area contributed by atoms with Crippen molar-refractivity contribution < 1.29 is 0 Å². The average Bonchev–Trinajstić information content (AvgIpc) is 2.98. The molecule has 0 unspecified atom stereocenters. The van der Waals surface area contributed by atoms with Gasteiger partial charge in [0.1, 0.15) is 0 Å². The molecule has 0 fully saturated rings. The van der Waals surface area contributed by atoms with Crippen LogP contribution in [0.15, 0.2) is 70.3 Å². The molecule has 0 aliphatic rings. The monoisotopic (exact) mass is 372 g/mol. The third-order valence-electron chi connectivity index (χ3n) is 3.39. The summed E-state index contributed by atoms with van der Waals surface area (Å²) in [6.07, 6.45) is 3.87. The van der Waals surface area contributed by atoms with E-state index < -0.39 is 0 Å². The van der Waals surface area contributed by atoms with Crippen molar-refractivity contribution in [2.45, 2.75) is 6.92 Å². The SMILES string of the molecule is Cc1ccc(N=Cc2cccn2-c2ccc(Br)cc2)cc1Cl. The highest BCUT2D eigenvalue weighted by Gasteiger charge is 2.01. The van der Waals surface area contributed by atoms with Gasteiger partial charge in [-0.05, 0) is 61.0 Å². The molecule has 3 rings (SSSR count). The molecule has 0 spiro atoms. The fourth-order valence-electron chi connectivity index (χ4n) is 2.14. The van der Waals surface area contributed by atoms with Gasteiger partial charge in [0.25, 0.3) is 0 Å². The highest BCUT2D eigenvalue weighted by Crippen LogP contribution is 2.22. The van der Waals surface area contributed by atoms with Crippen LogP contribution in [0.25, 0.3) is 5.69 Å². The summed E-state index contributed by atoms with van der Waals surface area (Å²) in [5.74, 6) is 0. The summed E-state index contributed by atoms with van der Waals surface area (Å²) in [6.45, 7) is 1.98. The van der Waals surface area contributed by atoms with Crippen LogP contribution in [0.2, 0.25) is 5.02 Å². The second-order valence-electron chi connectivity index (χ2n) is 4.97. The van der Waals surface area contributed by atoms with Gasteiger partial charge in [0, 0.05) is 21.4 Å². The molecule has 22 heavy (non-hydrogen) atoms. The predicted molar refractivity (Wildman–Crippen MR) is 96.9 cm³/mol. The Hall–Kier alpha value is -1.84. The second kappa shape index (κ2) is 6.51. The number of aliphatic imine (C=N–C) groups is 1. The summed E-state index contributed by atoms with van der Waals surface area (Å²) in [5.41, 5.74) is 4.01. The van der Waals surface area contributed by atoms with Gasteiger partial charge in [-0.15, -0.1) is 0 Å². The molecule has 0 aliphatic heterocycles. The van der Waals surface area contributed by atoms with E-state index in [0.717, 1.165) is 32.1 Å². The Kier molecular flexibility index (Phi) is 4.46. The number of halogens is 2. The Labute approximate surface area is 143 Å². The minimum Gasteiger partial charge on any atom is -0.316 e. The first-order valence-electron chi connectivity index (χ1n) is 6.87. The lowest BCUT2D eigenvalue weighted by atomic mass is 10.2. The first-order valence-corrected chi connectivity index (χ1v) is 8.04. The minimum absolute atomic E-state index is 0.734. The first kappa shape index (κ1) is 15.1. The Balaban J connectivity index is 1.90. The van der Waals surface area contributed by atoms with Gasteiger partial charge in [0.2, 0.25) is 0 Å². The topological polar surface area (TPSA) is 17.3 Å². The molecule has 4 heteroatoms. The lowest BCUT2D eigenvalue weighted by Crippen LogP contribution is -1.97. The van der Waals surface area contributed by atoms with Crippen LogP contribution in [0.1, 0.15) is 11.3 Å². The molecule has 0 amide bonds. The first-order chi connectivity index (χ1) is 10.6. The normalized spacial score (nSPS) is 11.2. The number of hydrogen-bond donors (Lipinski definition) is 0. The summed E-state index contributed by atoms with van der Waals surface area (Å²) in [7, 11) is 0. The molecule has 0 N–H and O–H groups in total. The van der Waals surface area contributed by atoms with Gasteiger partial charge in [-0.25, -0.2) is 0 Å². The Morgan fingerprint density at radius 2 is 1.86 bits per heavy atom. The van der Waals surface area contributed by atoms with Crippen LogP contribution >= 0.6 is 27.5 Å². The zero-order valence-electron chi connectivity index (χ0n) is 12.0. The van der Waals surface area contributed by atoms with Crippen molar-refractivity contribution in [1.29, 1.82) is 0 Å². The third kappa shape index (κ3) is 3.32. The molecule has 0 saturated carbocycles. The lowest BCUT2D eigenvalue weighted by Gasteiger charge is -2.06. The van der Waals surface area contributed by atoms with Crippen LogP contribution in [0.3, 0.4) is 0 Å². The Bertz CT molecular complexity index is 819. The van der Waals surface area contributed by atoms with E-state index >= 15 is 0 Å². The van der Waals surface area contributed by atoms with Crippen molar-refractivity contribution >= 4 is 39.4 Å². The number of hydrogen-bond acceptors (Lipinski definition) is 1. The molecule has 2 aromatic carbocycles. The van der Waals surface area contributed by atoms with Gasteiger partial charge in [-0.1, -0.05) is 33.6 Å². The van der Waals surface area contributed by atoms with Gasteiger partial charge >= 0.3 is 0 Å². The fraction of sp³-hybridized carbons (Fsp3) is 0.0556. The van der Waals surface area contributed by atoms with Gasteiger partial charge < -0.3 is 4.57 Å². The molecule has 0 saturated heterocycles. The minimum atomic E-state index is 0.734. The highest BCUT2D eigenvalue weighted by atomic mass is 79.9. The van der Waals surface area contributed by atoms with E-state index in [1.165, 1.54) is 0 Å². The molecule has 0 bridgehead atoms. The Morgan fingerprint density at radius 1 is 1.09 bits per heavy atom. The van der Waals surface area contributed by atoms with E-state index in [-0.39, 0.29) is 0 Å². The van der Waals surface area contributed by atoms with Crippen LogP contribution in [-0.4, -0.2) is 10.8 Å².